The molecule has 1 aromatic carbocycles. The summed E-state index contributed by atoms with van der Waals surface area (Å²) in [4.78, 5) is 7.83. The van der Waals surface area contributed by atoms with Gasteiger partial charge in [0.15, 0.2) is 5.60 Å². The average Bonchev–Trinajstić information content (AvgIpc) is 3.32. The predicted octanol–water partition coefficient (Wildman–Crippen LogP) is 2.96. The van der Waals surface area contributed by atoms with E-state index in [2.05, 4.69) is 25.5 Å². The van der Waals surface area contributed by atoms with Crippen LogP contribution >= 0.6 is 0 Å². The first-order valence-corrected chi connectivity index (χ1v) is 9.34. The fourth-order valence-electron chi connectivity index (χ4n) is 3.24. The Morgan fingerprint density at radius 2 is 1.85 bits per heavy atom. The summed E-state index contributed by atoms with van der Waals surface area (Å²) in [6, 6.07) is 9.08. The van der Waals surface area contributed by atoms with Gasteiger partial charge in [-0.1, -0.05) is 0 Å². The zero-order chi connectivity index (χ0) is 23.6. The van der Waals surface area contributed by atoms with Crippen LogP contribution in [0.4, 0.5) is 17.6 Å². The minimum Gasteiger partial charge on any atom is -0.377 e. The molecule has 0 fully saturated rings. The van der Waals surface area contributed by atoms with Gasteiger partial charge in [0.2, 0.25) is 0 Å². The van der Waals surface area contributed by atoms with Crippen molar-refractivity contribution in [1.29, 1.82) is 5.26 Å². The van der Waals surface area contributed by atoms with Crippen LogP contribution in [0.15, 0.2) is 61.2 Å². The molecule has 33 heavy (non-hydrogen) atoms. The number of rotatable bonds is 6. The van der Waals surface area contributed by atoms with Gasteiger partial charge >= 0.3 is 5.92 Å². The van der Waals surface area contributed by atoms with Gasteiger partial charge in [-0.3, -0.25) is 9.97 Å². The molecule has 8 nitrogen and oxygen atoms in total. The largest absolute Gasteiger partial charge is 0.377 e. The molecule has 3 heterocycles. The van der Waals surface area contributed by atoms with E-state index in [1.165, 1.54) is 24.4 Å². The molecule has 1 unspecified atom stereocenters. The maximum absolute atomic E-state index is 15.7. The van der Waals surface area contributed by atoms with Crippen LogP contribution in [-0.4, -0.2) is 35.3 Å². The Kier molecular flexibility index (Phi) is 5.57. The number of halogens is 4. The number of aliphatic hydroxyl groups is 1. The number of pyridine rings is 2. The van der Waals surface area contributed by atoms with E-state index in [9.17, 15) is 13.9 Å². The van der Waals surface area contributed by atoms with E-state index in [1.54, 1.807) is 0 Å². The van der Waals surface area contributed by atoms with E-state index < -0.39 is 41.0 Å². The molecule has 12 heteroatoms. The van der Waals surface area contributed by atoms with E-state index in [4.69, 9.17) is 5.26 Å². The van der Waals surface area contributed by atoms with Gasteiger partial charge in [-0.25, -0.2) is 13.5 Å². The highest BCUT2D eigenvalue weighted by atomic mass is 19.3. The van der Waals surface area contributed by atoms with Gasteiger partial charge in [-0.15, -0.1) is 5.10 Å². The molecule has 4 aromatic rings. The first-order chi connectivity index (χ1) is 15.7. The maximum Gasteiger partial charge on any atom is 0.323 e. The molecule has 0 amide bonds. The lowest BCUT2D eigenvalue weighted by molar-refractivity contribution is -0.207. The average molecular weight is 455 g/mol. The molecule has 0 radical (unpaired) electrons. The minimum absolute atomic E-state index is 0.323. The van der Waals surface area contributed by atoms with Gasteiger partial charge < -0.3 is 5.11 Å². The number of nitriles is 1. The second-order valence-electron chi connectivity index (χ2n) is 7.04. The van der Waals surface area contributed by atoms with Crippen molar-refractivity contribution < 1.29 is 22.7 Å². The Morgan fingerprint density at radius 3 is 2.42 bits per heavy atom. The summed E-state index contributed by atoms with van der Waals surface area (Å²) in [5, 5.41) is 30.1. The number of hydrogen-bond donors (Lipinski definition) is 1. The Balaban J connectivity index is 1.76. The quantitative estimate of drug-likeness (QED) is 0.445. The molecule has 1 atom stereocenters. The van der Waals surface area contributed by atoms with Gasteiger partial charge in [0, 0.05) is 29.6 Å². The van der Waals surface area contributed by atoms with Crippen molar-refractivity contribution in [3.8, 4) is 17.3 Å². The second kappa shape index (κ2) is 8.36. The van der Waals surface area contributed by atoms with Crippen LogP contribution in [0.2, 0.25) is 0 Å². The summed E-state index contributed by atoms with van der Waals surface area (Å²) < 4.78 is 60.1. The Hall–Kier alpha value is -4.24. The predicted molar refractivity (Wildman–Crippen MR) is 104 cm³/mol. The van der Waals surface area contributed by atoms with Crippen molar-refractivity contribution in [3.05, 3.63) is 89.6 Å². The van der Waals surface area contributed by atoms with Gasteiger partial charge in [-0.05, 0) is 46.8 Å². The highest BCUT2D eigenvalue weighted by Crippen LogP contribution is 2.46. The maximum atomic E-state index is 15.7. The molecule has 166 valence electrons. The van der Waals surface area contributed by atoms with Crippen molar-refractivity contribution in [2.75, 3.05) is 0 Å². The Morgan fingerprint density at radius 1 is 1.03 bits per heavy atom. The van der Waals surface area contributed by atoms with Gasteiger partial charge in [0.05, 0.1) is 17.8 Å². The normalized spacial score (nSPS) is 13.3. The first-order valence-electron chi connectivity index (χ1n) is 9.34. The van der Waals surface area contributed by atoms with Crippen molar-refractivity contribution in [1.82, 2.24) is 30.2 Å². The number of aromatic nitrogens is 6. The lowest BCUT2D eigenvalue weighted by atomic mass is 9.84. The number of benzene rings is 1. The second-order valence-corrected chi connectivity index (χ2v) is 7.04. The number of alkyl halides is 2. The molecule has 4 rings (SSSR count). The third kappa shape index (κ3) is 4.01. The van der Waals surface area contributed by atoms with Gasteiger partial charge in [0.25, 0.3) is 0 Å². The van der Waals surface area contributed by atoms with Crippen molar-refractivity contribution in [3.63, 3.8) is 0 Å². The summed E-state index contributed by atoms with van der Waals surface area (Å²) in [7, 11) is 0. The van der Waals surface area contributed by atoms with Crippen LogP contribution < -0.4 is 0 Å². The topological polar surface area (TPSA) is 113 Å². The SMILES string of the molecule is N#Cc1ccc(-c2ccc(C(F)(F)C(O)(Cn3cnnn3)c3ccc(F)cc3F)nc2)nc1. The molecular formula is C21H13F4N7O. The molecule has 0 saturated heterocycles. The van der Waals surface area contributed by atoms with Crippen LogP contribution in [0, 0.1) is 23.0 Å². The van der Waals surface area contributed by atoms with E-state index in [0.717, 1.165) is 35.4 Å². The van der Waals surface area contributed by atoms with Crippen LogP contribution in [-0.2, 0) is 18.1 Å². The minimum atomic E-state index is -4.16. The molecule has 0 saturated carbocycles. The molecule has 3 aromatic heterocycles. The lowest BCUT2D eigenvalue weighted by Crippen LogP contribution is -2.48. The standard InChI is InChI=1S/C21H13F4N7O/c22-15-3-4-16(17(23)7-15)20(33,11-32-12-29-30-31-32)21(24,25)19-6-2-14(10-28-19)18-5-1-13(8-26)9-27-18/h1-7,9-10,12,33H,11H2. The zero-order valence-corrected chi connectivity index (χ0v) is 16.6. The molecule has 0 aliphatic carbocycles. The molecule has 0 spiro atoms. The van der Waals surface area contributed by atoms with Crippen molar-refractivity contribution in [2.24, 2.45) is 0 Å². The molecule has 1 N–H and O–H groups in total. The summed E-state index contributed by atoms with van der Waals surface area (Å²) in [5.74, 6) is -6.53. The van der Waals surface area contributed by atoms with Crippen LogP contribution in [0.25, 0.3) is 11.3 Å². The van der Waals surface area contributed by atoms with Gasteiger partial charge in [0.1, 0.15) is 29.7 Å². The van der Waals surface area contributed by atoms with Crippen molar-refractivity contribution >= 4 is 0 Å². The third-order valence-corrected chi connectivity index (χ3v) is 4.95. The van der Waals surface area contributed by atoms with E-state index in [0.29, 0.717) is 22.9 Å². The summed E-state index contributed by atoms with van der Waals surface area (Å²) in [5.41, 5.74) is -3.88. The van der Waals surface area contributed by atoms with Crippen LogP contribution in [0.3, 0.4) is 0 Å². The smallest absolute Gasteiger partial charge is 0.323 e. The van der Waals surface area contributed by atoms with Crippen LogP contribution in [0.1, 0.15) is 16.8 Å². The highest BCUT2D eigenvalue weighted by molar-refractivity contribution is 5.58. The fraction of sp³-hybridized carbons (Fsp3) is 0.143. The summed E-state index contributed by atoms with van der Waals surface area (Å²) in [6.07, 6.45) is 3.39. The molecular weight excluding hydrogens is 442 g/mol. The van der Waals surface area contributed by atoms with E-state index in [-0.39, 0.29) is 0 Å². The number of nitrogens with zero attached hydrogens (tertiary/aromatic N) is 7. The van der Waals surface area contributed by atoms with E-state index in [1.807, 2.05) is 6.07 Å². The number of hydrogen-bond acceptors (Lipinski definition) is 7. The summed E-state index contributed by atoms with van der Waals surface area (Å²) >= 11 is 0. The van der Waals surface area contributed by atoms with Crippen LogP contribution in [0.5, 0.6) is 0 Å². The highest BCUT2D eigenvalue weighted by Gasteiger charge is 2.58. The lowest BCUT2D eigenvalue weighted by Gasteiger charge is -2.35. The Bertz CT molecular complexity index is 1310. The monoisotopic (exact) mass is 455 g/mol. The molecule has 0 aliphatic rings. The van der Waals surface area contributed by atoms with Crippen molar-refractivity contribution in [2.45, 2.75) is 18.1 Å². The fourth-order valence-corrected chi connectivity index (χ4v) is 3.24. The van der Waals surface area contributed by atoms with E-state index >= 15 is 8.78 Å². The zero-order valence-electron chi connectivity index (χ0n) is 16.6. The first kappa shape index (κ1) is 22.0. The Labute approximate surface area is 183 Å². The van der Waals surface area contributed by atoms with Gasteiger partial charge in [-0.2, -0.15) is 14.0 Å². The molecule has 0 aliphatic heterocycles. The summed E-state index contributed by atoms with van der Waals surface area (Å²) in [6.45, 7) is -0.948. The number of tetrazole rings is 1. The molecule has 0 bridgehead atoms. The third-order valence-electron chi connectivity index (χ3n) is 4.95.